The fraction of sp³-hybridized carbons (Fsp3) is 0.294. The first-order valence-electron chi connectivity index (χ1n) is 7.52. The van der Waals surface area contributed by atoms with Gasteiger partial charge in [-0.25, -0.2) is 4.98 Å². The number of benzene rings is 1. The van der Waals surface area contributed by atoms with Crippen LogP contribution in [0.2, 0.25) is 0 Å². The van der Waals surface area contributed by atoms with E-state index in [4.69, 9.17) is 4.74 Å². The average molecular weight is 297 g/mol. The van der Waals surface area contributed by atoms with E-state index in [1.165, 1.54) is 0 Å². The van der Waals surface area contributed by atoms with Gasteiger partial charge in [0.25, 0.3) is 5.91 Å². The first-order valence-corrected chi connectivity index (χ1v) is 7.52. The van der Waals surface area contributed by atoms with Gasteiger partial charge in [0, 0.05) is 31.9 Å². The third kappa shape index (κ3) is 3.62. The Labute approximate surface area is 129 Å². The van der Waals surface area contributed by atoms with Crippen LogP contribution >= 0.6 is 0 Å². The zero-order chi connectivity index (χ0) is 15.2. The molecular formula is C17H19N3O2. The van der Waals surface area contributed by atoms with Crippen LogP contribution < -0.4 is 10.1 Å². The topological polar surface area (TPSA) is 54.5 Å². The number of nitrogens with one attached hydrogen (secondary N) is 1. The van der Waals surface area contributed by atoms with Crippen molar-refractivity contribution in [3.05, 3.63) is 54.2 Å². The molecule has 1 aromatic carbocycles. The molecule has 5 nitrogen and oxygen atoms in total. The summed E-state index contributed by atoms with van der Waals surface area (Å²) in [5.41, 5.74) is 0.599. The van der Waals surface area contributed by atoms with Gasteiger partial charge in [0.05, 0.1) is 5.56 Å². The van der Waals surface area contributed by atoms with E-state index in [2.05, 4.69) is 10.3 Å². The molecular weight excluding hydrogens is 278 g/mol. The quantitative estimate of drug-likeness (QED) is 0.944. The maximum atomic E-state index is 12.4. The predicted molar refractivity (Wildman–Crippen MR) is 84.1 cm³/mol. The van der Waals surface area contributed by atoms with E-state index in [0.717, 1.165) is 38.3 Å². The molecule has 5 heteroatoms. The van der Waals surface area contributed by atoms with Gasteiger partial charge >= 0.3 is 0 Å². The normalized spacial score (nSPS) is 15.2. The number of rotatable bonds is 3. The molecule has 0 bridgehead atoms. The Morgan fingerprint density at radius 3 is 2.73 bits per heavy atom. The maximum Gasteiger partial charge on any atom is 0.255 e. The Bertz CT molecular complexity index is 606. The minimum atomic E-state index is 0.0301. The molecule has 1 aliphatic rings. The molecule has 0 unspecified atom stereocenters. The van der Waals surface area contributed by atoms with Crippen molar-refractivity contribution in [1.29, 1.82) is 0 Å². The molecule has 0 aliphatic carbocycles. The van der Waals surface area contributed by atoms with Crippen LogP contribution in [0.1, 0.15) is 16.8 Å². The molecule has 1 saturated heterocycles. The fourth-order valence-corrected chi connectivity index (χ4v) is 2.41. The molecule has 1 N–H and O–H groups in total. The summed E-state index contributed by atoms with van der Waals surface area (Å²) >= 11 is 0. The van der Waals surface area contributed by atoms with E-state index in [1.807, 2.05) is 35.2 Å². The molecule has 0 saturated carbocycles. The largest absolute Gasteiger partial charge is 0.439 e. The van der Waals surface area contributed by atoms with Crippen molar-refractivity contribution >= 4 is 5.91 Å². The van der Waals surface area contributed by atoms with Crippen LogP contribution in [0.5, 0.6) is 11.6 Å². The summed E-state index contributed by atoms with van der Waals surface area (Å²) < 4.78 is 5.63. The molecule has 0 radical (unpaired) electrons. The number of amides is 1. The molecule has 1 aromatic heterocycles. The monoisotopic (exact) mass is 297 g/mol. The second-order valence-electron chi connectivity index (χ2n) is 5.20. The van der Waals surface area contributed by atoms with Crippen LogP contribution in [-0.4, -0.2) is 42.0 Å². The zero-order valence-electron chi connectivity index (χ0n) is 12.4. The van der Waals surface area contributed by atoms with Gasteiger partial charge in [-0.05, 0) is 31.2 Å². The third-order valence-electron chi connectivity index (χ3n) is 3.58. The lowest BCUT2D eigenvalue weighted by Gasteiger charge is -2.19. The molecule has 2 aromatic rings. The summed E-state index contributed by atoms with van der Waals surface area (Å²) in [4.78, 5) is 18.5. The molecule has 1 amide bonds. The minimum Gasteiger partial charge on any atom is -0.439 e. The lowest BCUT2D eigenvalue weighted by atomic mass is 10.2. The van der Waals surface area contributed by atoms with Gasteiger partial charge < -0.3 is 15.0 Å². The van der Waals surface area contributed by atoms with Crippen LogP contribution in [0.3, 0.4) is 0 Å². The van der Waals surface area contributed by atoms with Crippen molar-refractivity contribution in [2.75, 3.05) is 26.2 Å². The molecule has 0 atom stereocenters. The number of nitrogens with zero attached hydrogens (tertiary/aromatic N) is 2. The van der Waals surface area contributed by atoms with Crippen LogP contribution in [0.4, 0.5) is 0 Å². The highest BCUT2D eigenvalue weighted by Gasteiger charge is 2.17. The number of carbonyl (C=O) groups is 1. The molecule has 0 spiro atoms. The van der Waals surface area contributed by atoms with Gasteiger partial charge in [0.2, 0.25) is 5.88 Å². The molecule has 1 fully saturated rings. The number of pyridine rings is 1. The number of carbonyl (C=O) groups excluding carboxylic acids is 1. The lowest BCUT2D eigenvalue weighted by Crippen LogP contribution is -2.34. The summed E-state index contributed by atoms with van der Waals surface area (Å²) in [5.74, 6) is 1.25. The fourth-order valence-electron chi connectivity index (χ4n) is 2.41. The standard InChI is InChI=1S/C17H19N3O2/c21-17(20-11-4-9-18-10-12-20)14-7-8-16(19-13-14)22-15-5-2-1-3-6-15/h1-3,5-8,13,18H,4,9-12H2. The Hall–Kier alpha value is -2.40. The maximum absolute atomic E-state index is 12.4. The van der Waals surface area contributed by atoms with E-state index >= 15 is 0 Å². The molecule has 3 rings (SSSR count). The van der Waals surface area contributed by atoms with E-state index in [-0.39, 0.29) is 5.91 Å². The van der Waals surface area contributed by atoms with E-state index in [9.17, 15) is 4.79 Å². The van der Waals surface area contributed by atoms with Gasteiger partial charge in [-0.3, -0.25) is 4.79 Å². The van der Waals surface area contributed by atoms with Gasteiger partial charge in [-0.1, -0.05) is 18.2 Å². The number of hydrogen-bond donors (Lipinski definition) is 1. The van der Waals surface area contributed by atoms with Crippen molar-refractivity contribution in [3.63, 3.8) is 0 Å². The Kier molecular flexibility index (Phi) is 4.65. The zero-order valence-corrected chi connectivity index (χ0v) is 12.4. The second-order valence-corrected chi connectivity index (χ2v) is 5.20. The summed E-state index contributed by atoms with van der Waals surface area (Å²) in [5, 5.41) is 3.29. The van der Waals surface area contributed by atoms with Gasteiger partial charge in [-0.2, -0.15) is 0 Å². The van der Waals surface area contributed by atoms with Crippen molar-refractivity contribution in [1.82, 2.24) is 15.2 Å². The SMILES string of the molecule is O=C(c1ccc(Oc2ccccc2)nc1)N1CCCNCC1. The number of hydrogen-bond acceptors (Lipinski definition) is 4. The molecule has 1 aliphatic heterocycles. The third-order valence-corrected chi connectivity index (χ3v) is 3.58. The van der Waals surface area contributed by atoms with Crippen LogP contribution in [0.15, 0.2) is 48.7 Å². The highest BCUT2D eigenvalue weighted by atomic mass is 16.5. The minimum absolute atomic E-state index is 0.0301. The van der Waals surface area contributed by atoms with Crippen molar-refractivity contribution < 1.29 is 9.53 Å². The van der Waals surface area contributed by atoms with Crippen molar-refractivity contribution in [2.24, 2.45) is 0 Å². The summed E-state index contributed by atoms with van der Waals surface area (Å²) in [7, 11) is 0. The van der Waals surface area contributed by atoms with Gasteiger partial charge in [0.15, 0.2) is 0 Å². The van der Waals surface area contributed by atoms with Crippen molar-refractivity contribution in [3.8, 4) is 11.6 Å². The van der Waals surface area contributed by atoms with Crippen LogP contribution in [0, 0.1) is 0 Å². The number of aromatic nitrogens is 1. The Balaban J connectivity index is 1.66. The van der Waals surface area contributed by atoms with E-state index < -0.39 is 0 Å². The molecule has 2 heterocycles. The molecule has 22 heavy (non-hydrogen) atoms. The van der Waals surface area contributed by atoms with Gasteiger partial charge in [0.1, 0.15) is 5.75 Å². The Morgan fingerprint density at radius 1 is 1.09 bits per heavy atom. The Morgan fingerprint density at radius 2 is 1.95 bits per heavy atom. The molecule has 114 valence electrons. The second kappa shape index (κ2) is 7.04. The first kappa shape index (κ1) is 14.5. The van der Waals surface area contributed by atoms with E-state index in [0.29, 0.717) is 11.4 Å². The highest BCUT2D eigenvalue weighted by molar-refractivity contribution is 5.94. The van der Waals surface area contributed by atoms with Crippen LogP contribution in [-0.2, 0) is 0 Å². The predicted octanol–water partition coefficient (Wildman–Crippen LogP) is 2.31. The number of para-hydroxylation sites is 1. The summed E-state index contributed by atoms with van der Waals surface area (Å²) in [6, 6.07) is 13.0. The summed E-state index contributed by atoms with van der Waals surface area (Å²) in [6.07, 6.45) is 2.56. The van der Waals surface area contributed by atoms with Crippen molar-refractivity contribution in [2.45, 2.75) is 6.42 Å². The lowest BCUT2D eigenvalue weighted by molar-refractivity contribution is 0.0766. The summed E-state index contributed by atoms with van der Waals surface area (Å²) in [6.45, 7) is 3.33. The van der Waals surface area contributed by atoms with Gasteiger partial charge in [-0.15, -0.1) is 0 Å². The number of ether oxygens (including phenoxy) is 1. The smallest absolute Gasteiger partial charge is 0.255 e. The average Bonchev–Trinajstić information content (AvgIpc) is 2.85. The van der Waals surface area contributed by atoms with Crippen LogP contribution in [0.25, 0.3) is 0 Å². The highest BCUT2D eigenvalue weighted by Crippen LogP contribution is 2.19. The first-order chi connectivity index (χ1) is 10.8. The van der Waals surface area contributed by atoms with E-state index in [1.54, 1.807) is 18.3 Å².